The Morgan fingerprint density at radius 1 is 1.00 bits per heavy atom. The standard InChI is InChI=1S/C11H20N/c1-12(11-8-5-9-11)10-6-3-2-4-7-10/h5,10-11H,2-4,6-9H2,1H3. The molecule has 0 bridgehead atoms. The number of hydrogen-bond acceptors (Lipinski definition) is 1. The highest BCUT2D eigenvalue weighted by molar-refractivity contribution is 4.93. The molecule has 0 saturated heterocycles. The Labute approximate surface area is 76.1 Å². The first kappa shape index (κ1) is 8.55. The van der Waals surface area contributed by atoms with Gasteiger partial charge in [-0.3, -0.25) is 0 Å². The van der Waals surface area contributed by atoms with Gasteiger partial charge in [-0.2, -0.15) is 0 Å². The van der Waals surface area contributed by atoms with E-state index in [9.17, 15) is 0 Å². The summed E-state index contributed by atoms with van der Waals surface area (Å²) in [5, 5.41) is 0. The molecule has 1 heteroatoms. The van der Waals surface area contributed by atoms with Crippen LogP contribution < -0.4 is 0 Å². The second-order valence-corrected chi connectivity index (χ2v) is 4.37. The summed E-state index contributed by atoms with van der Waals surface area (Å²) in [6, 6.07) is 1.81. The van der Waals surface area contributed by atoms with Gasteiger partial charge in [0.25, 0.3) is 0 Å². The molecule has 0 atom stereocenters. The Morgan fingerprint density at radius 2 is 1.67 bits per heavy atom. The highest BCUT2D eigenvalue weighted by Crippen LogP contribution is 2.29. The number of rotatable bonds is 2. The zero-order chi connectivity index (χ0) is 8.39. The minimum Gasteiger partial charge on any atom is -0.300 e. The molecule has 2 aliphatic carbocycles. The normalized spacial score (nSPS) is 27.5. The Morgan fingerprint density at radius 3 is 2.17 bits per heavy atom. The van der Waals surface area contributed by atoms with Gasteiger partial charge in [0.05, 0.1) is 0 Å². The third-order valence-corrected chi connectivity index (χ3v) is 3.60. The molecule has 0 aromatic rings. The summed E-state index contributed by atoms with van der Waals surface area (Å²) in [5.74, 6) is 0. The van der Waals surface area contributed by atoms with E-state index in [0.29, 0.717) is 0 Å². The summed E-state index contributed by atoms with van der Waals surface area (Å²) in [6.07, 6.45) is 12.4. The Hall–Kier alpha value is -0.0400. The predicted octanol–water partition coefficient (Wildman–Crippen LogP) is 2.62. The summed E-state index contributed by atoms with van der Waals surface area (Å²) in [6.45, 7) is 0. The quantitative estimate of drug-likeness (QED) is 0.609. The molecule has 0 aliphatic heterocycles. The maximum Gasteiger partial charge on any atom is 0.0101 e. The maximum atomic E-state index is 2.64. The van der Waals surface area contributed by atoms with Gasteiger partial charge in [0.15, 0.2) is 0 Å². The van der Waals surface area contributed by atoms with Gasteiger partial charge >= 0.3 is 0 Å². The lowest BCUT2D eigenvalue weighted by Crippen LogP contribution is -2.44. The van der Waals surface area contributed by atoms with Gasteiger partial charge in [-0.1, -0.05) is 19.3 Å². The molecule has 0 spiro atoms. The van der Waals surface area contributed by atoms with Crippen LogP contribution in [0.4, 0.5) is 0 Å². The smallest absolute Gasteiger partial charge is 0.0101 e. The van der Waals surface area contributed by atoms with Crippen molar-refractivity contribution in [1.29, 1.82) is 0 Å². The molecule has 0 aromatic carbocycles. The SMILES string of the molecule is CN(C1C[CH]C1)C1CCCCC1. The highest BCUT2D eigenvalue weighted by Gasteiger charge is 2.28. The van der Waals surface area contributed by atoms with Gasteiger partial charge in [-0.25, -0.2) is 0 Å². The average Bonchev–Trinajstić information content (AvgIpc) is 2.03. The minimum absolute atomic E-state index is 0.896. The molecule has 2 saturated carbocycles. The number of nitrogens with zero attached hydrogens (tertiary/aromatic N) is 1. The molecule has 1 radical (unpaired) electrons. The van der Waals surface area contributed by atoms with Crippen LogP contribution in [0.2, 0.25) is 0 Å². The second kappa shape index (κ2) is 3.78. The first-order valence-electron chi connectivity index (χ1n) is 5.41. The summed E-state index contributed by atoms with van der Waals surface area (Å²) >= 11 is 0. The second-order valence-electron chi connectivity index (χ2n) is 4.37. The molecule has 1 nitrogen and oxygen atoms in total. The van der Waals surface area contributed by atoms with Crippen molar-refractivity contribution < 1.29 is 0 Å². The van der Waals surface area contributed by atoms with Crippen LogP contribution in [0.3, 0.4) is 0 Å². The summed E-state index contributed by atoms with van der Waals surface area (Å²) in [5.41, 5.74) is 0. The van der Waals surface area contributed by atoms with E-state index >= 15 is 0 Å². The van der Waals surface area contributed by atoms with Crippen LogP contribution in [-0.2, 0) is 0 Å². The average molecular weight is 166 g/mol. The molecule has 12 heavy (non-hydrogen) atoms. The summed E-state index contributed by atoms with van der Waals surface area (Å²) in [4.78, 5) is 2.64. The molecule has 0 unspecified atom stereocenters. The summed E-state index contributed by atoms with van der Waals surface area (Å²) in [7, 11) is 2.33. The first-order valence-corrected chi connectivity index (χ1v) is 5.41. The maximum absolute atomic E-state index is 2.64. The van der Waals surface area contributed by atoms with Crippen molar-refractivity contribution in [2.75, 3.05) is 7.05 Å². The van der Waals surface area contributed by atoms with E-state index in [0.717, 1.165) is 12.1 Å². The fraction of sp³-hybridized carbons (Fsp3) is 0.909. The molecule has 2 aliphatic rings. The zero-order valence-electron chi connectivity index (χ0n) is 8.13. The summed E-state index contributed by atoms with van der Waals surface area (Å²) < 4.78 is 0. The fourth-order valence-electron chi connectivity index (χ4n) is 2.43. The van der Waals surface area contributed by atoms with Crippen molar-refractivity contribution in [2.45, 2.75) is 57.0 Å². The van der Waals surface area contributed by atoms with Crippen LogP contribution in [0.25, 0.3) is 0 Å². The van der Waals surface area contributed by atoms with Crippen LogP contribution in [0, 0.1) is 6.42 Å². The van der Waals surface area contributed by atoms with E-state index in [1.807, 2.05) is 0 Å². The zero-order valence-corrected chi connectivity index (χ0v) is 8.13. The molecule has 0 N–H and O–H groups in total. The lowest BCUT2D eigenvalue weighted by molar-refractivity contribution is 0.111. The van der Waals surface area contributed by atoms with Crippen molar-refractivity contribution in [3.8, 4) is 0 Å². The van der Waals surface area contributed by atoms with E-state index in [2.05, 4.69) is 18.4 Å². The fourth-order valence-corrected chi connectivity index (χ4v) is 2.43. The van der Waals surface area contributed by atoms with Gasteiger partial charge in [-0.05, 0) is 39.2 Å². The first-order chi connectivity index (χ1) is 5.88. The topological polar surface area (TPSA) is 3.24 Å². The van der Waals surface area contributed by atoms with E-state index < -0.39 is 0 Å². The van der Waals surface area contributed by atoms with Gasteiger partial charge in [-0.15, -0.1) is 0 Å². The predicted molar refractivity (Wildman–Crippen MR) is 52.0 cm³/mol. The molecule has 0 heterocycles. The van der Waals surface area contributed by atoms with E-state index in [4.69, 9.17) is 0 Å². The molecule has 2 rings (SSSR count). The van der Waals surface area contributed by atoms with Gasteiger partial charge in [0, 0.05) is 12.1 Å². The van der Waals surface area contributed by atoms with Crippen molar-refractivity contribution >= 4 is 0 Å². The lowest BCUT2D eigenvalue weighted by atomic mass is 9.87. The van der Waals surface area contributed by atoms with Crippen LogP contribution in [0.1, 0.15) is 44.9 Å². The molecule has 2 fully saturated rings. The Balaban J connectivity index is 1.80. The lowest BCUT2D eigenvalue weighted by Gasteiger charge is -2.41. The van der Waals surface area contributed by atoms with Crippen molar-refractivity contribution in [3.05, 3.63) is 6.42 Å². The van der Waals surface area contributed by atoms with Crippen LogP contribution in [0.5, 0.6) is 0 Å². The molecule has 69 valence electrons. The third-order valence-electron chi connectivity index (χ3n) is 3.60. The van der Waals surface area contributed by atoms with Gasteiger partial charge in [0.1, 0.15) is 0 Å². The van der Waals surface area contributed by atoms with Gasteiger partial charge in [0.2, 0.25) is 0 Å². The van der Waals surface area contributed by atoms with Crippen LogP contribution in [0.15, 0.2) is 0 Å². The van der Waals surface area contributed by atoms with E-state index in [1.165, 1.54) is 44.9 Å². The minimum atomic E-state index is 0.896. The third kappa shape index (κ3) is 1.66. The van der Waals surface area contributed by atoms with E-state index in [-0.39, 0.29) is 0 Å². The van der Waals surface area contributed by atoms with Crippen molar-refractivity contribution in [1.82, 2.24) is 4.90 Å². The van der Waals surface area contributed by atoms with Crippen LogP contribution >= 0.6 is 0 Å². The molecular weight excluding hydrogens is 146 g/mol. The molecule has 0 amide bonds. The van der Waals surface area contributed by atoms with Gasteiger partial charge < -0.3 is 4.90 Å². The highest BCUT2D eigenvalue weighted by atomic mass is 15.2. The molecular formula is C11H20N. The van der Waals surface area contributed by atoms with Crippen molar-refractivity contribution in [2.24, 2.45) is 0 Å². The molecule has 0 aromatic heterocycles. The van der Waals surface area contributed by atoms with Crippen molar-refractivity contribution in [3.63, 3.8) is 0 Å². The Kier molecular flexibility index (Phi) is 2.69. The van der Waals surface area contributed by atoms with Crippen LogP contribution in [-0.4, -0.2) is 24.0 Å². The largest absolute Gasteiger partial charge is 0.300 e. The van der Waals surface area contributed by atoms with E-state index in [1.54, 1.807) is 0 Å². The number of hydrogen-bond donors (Lipinski definition) is 0. The monoisotopic (exact) mass is 166 g/mol. The Bertz CT molecular complexity index is 134.